The number of anilines is 1. The van der Waals surface area contributed by atoms with Gasteiger partial charge in [-0.1, -0.05) is 50.6 Å². The van der Waals surface area contributed by atoms with Crippen molar-refractivity contribution in [3.63, 3.8) is 0 Å². The molecular weight excluding hydrogens is 362 g/mol. The summed E-state index contributed by atoms with van der Waals surface area (Å²) in [5, 5.41) is 1.49. The molecule has 0 N–H and O–H groups in total. The summed E-state index contributed by atoms with van der Waals surface area (Å²) in [5.41, 5.74) is 3.78. The molecule has 138 valence electrons. The molecule has 0 spiro atoms. The molecule has 0 radical (unpaired) electrons. The monoisotopic (exact) mass is 387 g/mol. The van der Waals surface area contributed by atoms with E-state index in [9.17, 15) is 0 Å². The zero-order valence-electron chi connectivity index (χ0n) is 16.0. The second-order valence-corrected chi connectivity index (χ2v) is 8.02. The van der Waals surface area contributed by atoms with Gasteiger partial charge in [-0.05, 0) is 43.4 Å². The van der Waals surface area contributed by atoms with Crippen molar-refractivity contribution in [1.82, 2.24) is 9.97 Å². The Hall–Kier alpha value is -1.65. The highest BCUT2D eigenvalue weighted by Gasteiger charge is 2.22. The summed E-state index contributed by atoms with van der Waals surface area (Å²) in [6, 6.07) is 8.76. The first-order valence-corrected chi connectivity index (χ1v) is 10.6. The molecule has 0 unspecified atom stereocenters. The Balaban J connectivity index is 2.30. The van der Waals surface area contributed by atoms with Crippen molar-refractivity contribution < 1.29 is 0 Å². The van der Waals surface area contributed by atoms with Crippen LogP contribution in [0.15, 0.2) is 24.3 Å². The number of aromatic nitrogens is 2. The maximum atomic E-state index is 6.30. The van der Waals surface area contributed by atoms with Crippen molar-refractivity contribution in [2.75, 3.05) is 18.0 Å². The highest BCUT2D eigenvalue weighted by molar-refractivity contribution is 7.19. The van der Waals surface area contributed by atoms with Crippen molar-refractivity contribution in [2.45, 2.75) is 47.0 Å². The third-order valence-corrected chi connectivity index (χ3v) is 5.92. The largest absolute Gasteiger partial charge is 0.356 e. The van der Waals surface area contributed by atoms with Gasteiger partial charge in [0.1, 0.15) is 10.6 Å². The molecule has 0 fully saturated rings. The Morgan fingerprint density at radius 3 is 2.23 bits per heavy atom. The number of nitrogens with zero attached hydrogens (tertiary/aromatic N) is 3. The van der Waals surface area contributed by atoms with Crippen LogP contribution in [0, 0.1) is 6.92 Å². The van der Waals surface area contributed by atoms with Gasteiger partial charge >= 0.3 is 0 Å². The van der Waals surface area contributed by atoms with Gasteiger partial charge in [-0.2, -0.15) is 4.98 Å². The molecule has 0 atom stereocenters. The second-order valence-electron chi connectivity index (χ2n) is 6.60. The van der Waals surface area contributed by atoms with Crippen LogP contribution in [0.3, 0.4) is 0 Å². The Morgan fingerprint density at radius 1 is 1.00 bits per heavy atom. The number of halogens is 1. The first kappa shape index (κ1) is 19.1. The zero-order chi connectivity index (χ0) is 18.7. The van der Waals surface area contributed by atoms with E-state index in [4.69, 9.17) is 11.6 Å². The van der Waals surface area contributed by atoms with Gasteiger partial charge in [-0.15, -0.1) is 11.3 Å². The molecule has 0 aliphatic rings. The van der Waals surface area contributed by atoms with Crippen LogP contribution in [0.2, 0.25) is 5.28 Å². The molecule has 3 aromatic rings. The molecular formula is C21H26ClN3S. The van der Waals surface area contributed by atoms with Crippen LogP contribution in [0.1, 0.15) is 44.1 Å². The van der Waals surface area contributed by atoms with Gasteiger partial charge in [0.15, 0.2) is 0 Å². The lowest BCUT2D eigenvalue weighted by atomic mass is 10.0. The summed E-state index contributed by atoms with van der Waals surface area (Å²) in [7, 11) is 0. The molecule has 0 saturated heterocycles. The molecule has 0 bridgehead atoms. The smallest absolute Gasteiger partial charge is 0.225 e. The Kier molecular flexibility index (Phi) is 6.15. The topological polar surface area (TPSA) is 29.0 Å². The van der Waals surface area contributed by atoms with E-state index in [1.807, 2.05) is 0 Å². The minimum Gasteiger partial charge on any atom is -0.356 e. The fourth-order valence-corrected chi connectivity index (χ4v) is 4.71. The lowest BCUT2D eigenvalue weighted by Gasteiger charge is -2.24. The standard InChI is InChI=1S/C21H26ClN3S/c1-5-12-25(13-6-2)19-18-17(15-10-8-14(4)9-11-15)16(7-3)26-20(18)24-21(22)23-19/h8-11H,5-7,12-13H2,1-4H3. The van der Waals surface area contributed by atoms with Crippen molar-refractivity contribution >= 4 is 39.0 Å². The number of hydrogen-bond acceptors (Lipinski definition) is 4. The predicted octanol–water partition coefficient (Wildman–Crippen LogP) is 6.51. The second kappa shape index (κ2) is 8.36. The van der Waals surface area contributed by atoms with Crippen LogP contribution in [0.4, 0.5) is 5.82 Å². The third-order valence-electron chi connectivity index (χ3n) is 4.53. The van der Waals surface area contributed by atoms with E-state index in [2.05, 4.69) is 66.8 Å². The molecule has 2 heterocycles. The number of thiophene rings is 1. The molecule has 3 nitrogen and oxygen atoms in total. The van der Waals surface area contributed by atoms with Crippen molar-refractivity contribution in [1.29, 1.82) is 0 Å². The lowest BCUT2D eigenvalue weighted by Crippen LogP contribution is -2.26. The SMILES string of the molecule is CCCN(CCC)c1nc(Cl)nc2sc(CC)c(-c3ccc(C)cc3)c12. The van der Waals surface area contributed by atoms with Gasteiger partial charge < -0.3 is 4.90 Å². The van der Waals surface area contributed by atoms with E-state index < -0.39 is 0 Å². The van der Waals surface area contributed by atoms with Crippen LogP contribution >= 0.6 is 22.9 Å². The number of rotatable bonds is 7. The number of aryl methyl sites for hydroxylation is 2. The Bertz CT molecular complexity index is 880. The molecule has 5 heteroatoms. The highest BCUT2D eigenvalue weighted by Crippen LogP contribution is 2.43. The fraction of sp³-hybridized carbons (Fsp3) is 0.429. The van der Waals surface area contributed by atoms with E-state index in [0.717, 1.165) is 48.4 Å². The molecule has 0 saturated carbocycles. The molecule has 1 aromatic carbocycles. The lowest BCUT2D eigenvalue weighted by molar-refractivity contribution is 0.736. The molecule has 0 aliphatic heterocycles. The van der Waals surface area contributed by atoms with Crippen LogP contribution < -0.4 is 4.90 Å². The van der Waals surface area contributed by atoms with Crippen molar-refractivity contribution in [2.24, 2.45) is 0 Å². The molecule has 26 heavy (non-hydrogen) atoms. The number of fused-ring (bicyclic) bond motifs is 1. The maximum absolute atomic E-state index is 6.30. The van der Waals surface area contributed by atoms with Crippen molar-refractivity contribution in [3.8, 4) is 11.1 Å². The highest BCUT2D eigenvalue weighted by atomic mass is 35.5. The van der Waals surface area contributed by atoms with Gasteiger partial charge in [0.25, 0.3) is 0 Å². The average Bonchev–Trinajstić information content (AvgIpc) is 3.00. The van der Waals surface area contributed by atoms with Crippen LogP contribution in [0.25, 0.3) is 21.3 Å². The van der Waals surface area contributed by atoms with Crippen LogP contribution in [-0.4, -0.2) is 23.1 Å². The summed E-state index contributed by atoms with van der Waals surface area (Å²) in [6.07, 6.45) is 3.13. The molecule has 3 rings (SSSR count). The van der Waals surface area contributed by atoms with E-state index in [1.165, 1.54) is 21.6 Å². The van der Waals surface area contributed by atoms with Gasteiger partial charge in [-0.3, -0.25) is 0 Å². The van der Waals surface area contributed by atoms with Gasteiger partial charge in [0.2, 0.25) is 5.28 Å². The number of hydrogen-bond donors (Lipinski definition) is 0. The average molecular weight is 388 g/mol. The van der Waals surface area contributed by atoms with E-state index in [0.29, 0.717) is 5.28 Å². The first-order chi connectivity index (χ1) is 12.6. The van der Waals surface area contributed by atoms with Gasteiger partial charge in [-0.25, -0.2) is 4.98 Å². The fourth-order valence-electron chi connectivity index (χ4n) is 3.37. The summed E-state index contributed by atoms with van der Waals surface area (Å²) < 4.78 is 0. The van der Waals surface area contributed by atoms with Crippen molar-refractivity contribution in [3.05, 3.63) is 40.0 Å². The van der Waals surface area contributed by atoms with E-state index >= 15 is 0 Å². The van der Waals surface area contributed by atoms with Crippen LogP contribution in [0.5, 0.6) is 0 Å². The number of benzene rings is 1. The Labute approximate surface area is 165 Å². The summed E-state index contributed by atoms with van der Waals surface area (Å²) in [5.74, 6) is 0.982. The minimum atomic E-state index is 0.337. The molecule has 2 aromatic heterocycles. The van der Waals surface area contributed by atoms with E-state index in [-0.39, 0.29) is 0 Å². The minimum absolute atomic E-state index is 0.337. The summed E-state index contributed by atoms with van der Waals surface area (Å²) in [4.78, 5) is 13.9. The zero-order valence-corrected chi connectivity index (χ0v) is 17.5. The normalized spacial score (nSPS) is 11.3. The first-order valence-electron chi connectivity index (χ1n) is 9.39. The summed E-state index contributed by atoms with van der Waals surface area (Å²) >= 11 is 8.04. The Morgan fingerprint density at radius 2 is 1.65 bits per heavy atom. The quantitative estimate of drug-likeness (QED) is 0.432. The maximum Gasteiger partial charge on any atom is 0.225 e. The third kappa shape index (κ3) is 3.72. The van der Waals surface area contributed by atoms with Gasteiger partial charge in [0, 0.05) is 23.5 Å². The summed E-state index contributed by atoms with van der Waals surface area (Å²) in [6.45, 7) is 10.7. The van der Waals surface area contributed by atoms with E-state index in [1.54, 1.807) is 11.3 Å². The predicted molar refractivity (Wildman–Crippen MR) is 115 cm³/mol. The molecule has 0 aliphatic carbocycles. The van der Waals surface area contributed by atoms with Crippen LogP contribution in [-0.2, 0) is 6.42 Å². The van der Waals surface area contributed by atoms with Gasteiger partial charge in [0.05, 0.1) is 5.39 Å². The molecule has 0 amide bonds.